The Kier molecular flexibility index (Phi) is 8.77. The molecule has 0 saturated heterocycles. The Bertz CT molecular complexity index is 1410. The molecule has 0 aromatic heterocycles. The van der Waals surface area contributed by atoms with Crippen molar-refractivity contribution in [2.75, 3.05) is 5.32 Å². The molecule has 4 rings (SSSR count). The molecular formula is C31H32Cl2F3NO3. The highest BCUT2D eigenvalue weighted by atomic mass is 35.5. The van der Waals surface area contributed by atoms with Gasteiger partial charge in [-0.1, -0.05) is 60.5 Å². The van der Waals surface area contributed by atoms with E-state index in [0.717, 1.165) is 30.7 Å². The molecule has 1 saturated carbocycles. The van der Waals surface area contributed by atoms with Crippen molar-refractivity contribution in [3.8, 4) is 0 Å². The molecule has 3 aromatic carbocycles. The van der Waals surface area contributed by atoms with E-state index in [1.807, 2.05) is 0 Å². The lowest BCUT2D eigenvalue weighted by Crippen LogP contribution is -2.34. The van der Waals surface area contributed by atoms with Crippen LogP contribution in [-0.4, -0.2) is 23.7 Å². The number of alkyl halides is 3. The van der Waals surface area contributed by atoms with E-state index in [-0.39, 0.29) is 40.5 Å². The smallest absolute Gasteiger partial charge is 0.392 e. The van der Waals surface area contributed by atoms with Crippen LogP contribution in [0.15, 0.2) is 54.6 Å². The topological polar surface area (TPSA) is 55.4 Å². The van der Waals surface area contributed by atoms with Crippen molar-refractivity contribution in [2.45, 2.75) is 70.6 Å². The van der Waals surface area contributed by atoms with E-state index in [2.05, 4.69) is 5.32 Å². The Labute approximate surface area is 242 Å². The van der Waals surface area contributed by atoms with E-state index in [1.165, 1.54) is 6.07 Å². The van der Waals surface area contributed by atoms with Gasteiger partial charge in [-0.05, 0) is 91.6 Å². The number of hydrogen-bond donors (Lipinski definition) is 1. The molecule has 0 heterocycles. The summed E-state index contributed by atoms with van der Waals surface area (Å²) in [5.41, 5.74) is 0.580. The Hall–Kier alpha value is -2.77. The normalized spacial score (nSPS) is 16.3. The van der Waals surface area contributed by atoms with Crippen LogP contribution in [0.3, 0.4) is 0 Å². The summed E-state index contributed by atoms with van der Waals surface area (Å²) >= 11 is 12.5. The molecule has 3 aromatic rings. The maximum atomic E-state index is 14.0. The van der Waals surface area contributed by atoms with Gasteiger partial charge in [-0.3, -0.25) is 9.59 Å². The van der Waals surface area contributed by atoms with Crippen molar-refractivity contribution in [2.24, 2.45) is 11.8 Å². The summed E-state index contributed by atoms with van der Waals surface area (Å²) in [6.07, 6.45) is -2.55. The van der Waals surface area contributed by atoms with Gasteiger partial charge in [-0.25, -0.2) is 0 Å². The predicted molar refractivity (Wildman–Crippen MR) is 153 cm³/mol. The van der Waals surface area contributed by atoms with Crippen molar-refractivity contribution >= 4 is 51.5 Å². The van der Waals surface area contributed by atoms with E-state index in [9.17, 15) is 22.8 Å². The fourth-order valence-corrected chi connectivity index (χ4v) is 5.33. The zero-order valence-electron chi connectivity index (χ0n) is 22.7. The van der Waals surface area contributed by atoms with Crippen LogP contribution < -0.4 is 5.32 Å². The monoisotopic (exact) mass is 593 g/mol. The van der Waals surface area contributed by atoms with Crippen LogP contribution in [0.5, 0.6) is 0 Å². The van der Waals surface area contributed by atoms with E-state index in [1.54, 1.807) is 69.3 Å². The van der Waals surface area contributed by atoms with Gasteiger partial charge in [0.25, 0.3) is 0 Å². The number of esters is 1. The summed E-state index contributed by atoms with van der Waals surface area (Å²) < 4.78 is 47.4. The number of amides is 1. The minimum atomic E-state index is -4.62. The Morgan fingerprint density at radius 2 is 1.57 bits per heavy atom. The number of carbonyl (C=O) groups excluding carboxylic acids is 2. The highest BCUT2D eigenvalue weighted by Crippen LogP contribution is 2.46. The van der Waals surface area contributed by atoms with Crippen LogP contribution in [0, 0.1) is 11.8 Å². The molecule has 0 radical (unpaired) electrons. The standard InChI is InChI=1S/C31H32Cl2F3NO3/c1-17(31(34,35)36)28(22-8-7-20-14-23(32)11-9-19(20)13-22)29(39)37-26-15-21(10-12-25(26)33)24(18-5-6-18)16-27(38)40-30(2,3)4/h7-15,17-18,24,28H,5-6,16H2,1-4H3,(H,37,39). The largest absolute Gasteiger partial charge is 0.460 e. The first-order valence-electron chi connectivity index (χ1n) is 13.2. The van der Waals surface area contributed by atoms with Crippen LogP contribution in [-0.2, 0) is 14.3 Å². The van der Waals surface area contributed by atoms with Crippen LogP contribution in [0.2, 0.25) is 10.0 Å². The minimum absolute atomic E-state index is 0.153. The second kappa shape index (κ2) is 11.6. The third-order valence-electron chi connectivity index (χ3n) is 7.16. The summed E-state index contributed by atoms with van der Waals surface area (Å²) in [5.74, 6) is -4.53. The lowest BCUT2D eigenvalue weighted by molar-refractivity contribution is -0.178. The molecule has 1 aliphatic carbocycles. The number of hydrogen-bond acceptors (Lipinski definition) is 3. The highest BCUT2D eigenvalue weighted by molar-refractivity contribution is 6.33. The third-order valence-corrected chi connectivity index (χ3v) is 7.72. The molecule has 1 fully saturated rings. The minimum Gasteiger partial charge on any atom is -0.460 e. The third kappa shape index (κ3) is 7.49. The van der Waals surface area contributed by atoms with Crippen molar-refractivity contribution in [3.05, 3.63) is 75.8 Å². The average molecular weight is 595 g/mol. The number of carbonyl (C=O) groups is 2. The Morgan fingerprint density at radius 3 is 2.20 bits per heavy atom. The van der Waals surface area contributed by atoms with Gasteiger partial charge in [-0.2, -0.15) is 13.2 Å². The predicted octanol–water partition coefficient (Wildman–Crippen LogP) is 9.29. The van der Waals surface area contributed by atoms with Gasteiger partial charge in [0.1, 0.15) is 5.60 Å². The Morgan fingerprint density at radius 1 is 0.950 bits per heavy atom. The van der Waals surface area contributed by atoms with E-state index < -0.39 is 29.5 Å². The van der Waals surface area contributed by atoms with Crippen LogP contribution >= 0.6 is 23.2 Å². The van der Waals surface area contributed by atoms with Gasteiger partial charge in [0.2, 0.25) is 5.91 Å². The van der Waals surface area contributed by atoms with Crippen LogP contribution in [0.4, 0.5) is 18.9 Å². The van der Waals surface area contributed by atoms with E-state index in [4.69, 9.17) is 27.9 Å². The maximum Gasteiger partial charge on any atom is 0.392 e. The average Bonchev–Trinajstić information content (AvgIpc) is 3.68. The van der Waals surface area contributed by atoms with Crippen molar-refractivity contribution in [1.29, 1.82) is 0 Å². The first kappa shape index (κ1) is 30.2. The van der Waals surface area contributed by atoms with Crippen LogP contribution in [0.25, 0.3) is 10.8 Å². The van der Waals surface area contributed by atoms with E-state index in [0.29, 0.717) is 10.4 Å². The highest BCUT2D eigenvalue weighted by Gasteiger charge is 2.45. The van der Waals surface area contributed by atoms with Gasteiger partial charge in [0.05, 0.1) is 29.0 Å². The fraction of sp³-hybridized carbons (Fsp3) is 0.419. The molecule has 214 valence electrons. The van der Waals surface area contributed by atoms with E-state index >= 15 is 0 Å². The molecule has 1 aliphatic rings. The number of halogens is 5. The van der Waals surface area contributed by atoms with Crippen LogP contribution in [0.1, 0.15) is 69.9 Å². The molecule has 4 nitrogen and oxygen atoms in total. The number of fused-ring (bicyclic) bond motifs is 1. The zero-order chi connectivity index (χ0) is 29.4. The number of benzene rings is 3. The molecule has 3 atom stereocenters. The molecule has 0 aliphatic heterocycles. The first-order valence-corrected chi connectivity index (χ1v) is 14.0. The van der Waals surface area contributed by atoms with Crippen molar-refractivity contribution in [1.82, 2.24) is 0 Å². The second-order valence-corrected chi connectivity index (χ2v) is 12.4. The summed E-state index contributed by atoms with van der Waals surface area (Å²) in [7, 11) is 0. The molecule has 1 N–H and O–H groups in total. The molecule has 40 heavy (non-hydrogen) atoms. The molecule has 0 spiro atoms. The molecular weight excluding hydrogens is 562 g/mol. The van der Waals surface area contributed by atoms with Gasteiger partial charge in [0.15, 0.2) is 0 Å². The quantitative estimate of drug-likeness (QED) is 0.265. The van der Waals surface area contributed by atoms with Gasteiger partial charge in [0, 0.05) is 5.02 Å². The lowest BCUT2D eigenvalue weighted by Gasteiger charge is -2.26. The summed E-state index contributed by atoms with van der Waals surface area (Å²) in [6.45, 7) is 6.40. The number of ether oxygens (including phenoxy) is 1. The Balaban J connectivity index is 1.64. The van der Waals surface area contributed by atoms with Crippen molar-refractivity contribution in [3.63, 3.8) is 0 Å². The second-order valence-electron chi connectivity index (χ2n) is 11.5. The number of anilines is 1. The summed E-state index contributed by atoms with van der Waals surface area (Å²) in [6, 6.07) is 14.9. The van der Waals surface area contributed by atoms with Gasteiger partial charge < -0.3 is 10.1 Å². The maximum absolute atomic E-state index is 14.0. The number of rotatable bonds is 8. The van der Waals surface area contributed by atoms with Gasteiger partial charge in [-0.15, -0.1) is 0 Å². The molecule has 3 unspecified atom stereocenters. The summed E-state index contributed by atoms with van der Waals surface area (Å²) in [5, 5.41) is 4.77. The summed E-state index contributed by atoms with van der Waals surface area (Å²) in [4.78, 5) is 26.1. The molecule has 1 amide bonds. The zero-order valence-corrected chi connectivity index (χ0v) is 24.3. The first-order chi connectivity index (χ1) is 18.6. The SMILES string of the molecule is CC(C(C(=O)Nc1cc(C(CC(=O)OC(C)(C)C)C2CC2)ccc1Cl)c1ccc2cc(Cl)ccc2c1)C(F)(F)F. The van der Waals surface area contributed by atoms with Crippen molar-refractivity contribution < 1.29 is 27.5 Å². The lowest BCUT2D eigenvalue weighted by atomic mass is 9.84. The number of nitrogens with one attached hydrogen (secondary N) is 1. The van der Waals surface area contributed by atoms with Gasteiger partial charge >= 0.3 is 12.1 Å². The molecule has 9 heteroatoms. The molecule has 0 bridgehead atoms. The fourth-order valence-electron chi connectivity index (χ4n) is 4.98.